The summed E-state index contributed by atoms with van der Waals surface area (Å²) < 4.78 is 25.3. The van der Waals surface area contributed by atoms with Gasteiger partial charge in [0.05, 0.1) is 0 Å². The van der Waals surface area contributed by atoms with Crippen LogP contribution in [-0.2, 0) is 4.79 Å². The second kappa shape index (κ2) is 9.29. The normalized spacial score (nSPS) is 18.3. The van der Waals surface area contributed by atoms with Gasteiger partial charge in [0.25, 0.3) is 0 Å². The number of carbonyl (C=O) groups is 1. The van der Waals surface area contributed by atoms with Gasteiger partial charge >= 0.3 is 159 Å². The van der Waals surface area contributed by atoms with Gasteiger partial charge in [0.1, 0.15) is 0 Å². The van der Waals surface area contributed by atoms with E-state index < -0.39 is 22.2 Å². The van der Waals surface area contributed by atoms with Crippen molar-refractivity contribution in [1.29, 1.82) is 0 Å². The Bertz CT molecular complexity index is 741. The molecule has 3 rings (SSSR count). The van der Waals surface area contributed by atoms with Gasteiger partial charge in [-0.2, -0.15) is 0 Å². The molecule has 0 radical (unpaired) electrons. The van der Waals surface area contributed by atoms with Gasteiger partial charge in [-0.15, -0.1) is 0 Å². The first kappa shape index (κ1) is 19.1. The molecule has 0 bridgehead atoms. The van der Waals surface area contributed by atoms with E-state index in [4.69, 9.17) is 4.84 Å². The number of benzene rings is 2. The zero-order valence-corrected chi connectivity index (χ0v) is 16.4. The van der Waals surface area contributed by atoms with Crippen molar-refractivity contribution < 1.29 is 18.4 Å². The number of fused-ring (bicyclic) bond motifs is 1. The van der Waals surface area contributed by atoms with E-state index in [9.17, 15) is 13.6 Å². The van der Waals surface area contributed by atoms with E-state index in [1.54, 1.807) is 0 Å². The summed E-state index contributed by atoms with van der Waals surface area (Å²) in [7, 11) is 0. The van der Waals surface area contributed by atoms with Gasteiger partial charge < -0.3 is 0 Å². The van der Waals surface area contributed by atoms with Crippen LogP contribution in [0.15, 0.2) is 48.5 Å². The molecule has 0 saturated carbocycles. The summed E-state index contributed by atoms with van der Waals surface area (Å²) in [5.41, 5.74) is 6.23. The summed E-state index contributed by atoms with van der Waals surface area (Å²) in [4.78, 5) is 16.6. The van der Waals surface area contributed by atoms with Gasteiger partial charge in [-0.1, -0.05) is 0 Å². The maximum atomic E-state index is 12.7. The number of hydrogen-bond acceptors (Lipinski definition) is 3. The molecule has 1 aliphatic rings. The monoisotopic (exact) mass is 421 g/mol. The topological polar surface area (TPSA) is 38.3 Å². The van der Waals surface area contributed by atoms with Crippen LogP contribution in [0.3, 0.4) is 0 Å². The van der Waals surface area contributed by atoms with Crippen LogP contribution in [0, 0.1) is 0 Å². The molecule has 0 saturated heterocycles. The third-order valence-electron chi connectivity index (χ3n) is 4.58. The van der Waals surface area contributed by atoms with Gasteiger partial charge in [0.15, 0.2) is 0 Å². The predicted octanol–water partition coefficient (Wildman–Crippen LogP) is 3.86. The van der Waals surface area contributed by atoms with Crippen molar-refractivity contribution in [2.75, 3.05) is 6.54 Å². The van der Waals surface area contributed by atoms with Crippen LogP contribution in [-0.4, -0.2) is 35.0 Å². The molecule has 0 aliphatic carbocycles. The molecule has 2 aromatic rings. The molecule has 1 N–H and O–H groups in total. The first-order valence-corrected chi connectivity index (χ1v) is 11.4. The first-order chi connectivity index (χ1) is 12.7. The molecule has 0 amide bonds. The van der Waals surface area contributed by atoms with E-state index in [1.807, 2.05) is 30.3 Å². The zero-order valence-electron chi connectivity index (χ0n) is 14.3. The van der Waals surface area contributed by atoms with Gasteiger partial charge in [-0.25, -0.2) is 0 Å². The SMILES string of the molecule is O=CC[C@H]([AsH]CC(F)F)c1cccc(C2CCNOc3ccccc32)c1. The number of halogens is 2. The average Bonchev–Trinajstić information content (AvgIpc) is 2.87. The van der Waals surface area contributed by atoms with E-state index in [1.165, 1.54) is 0 Å². The molecule has 2 aromatic carbocycles. The number of alkyl halides is 2. The van der Waals surface area contributed by atoms with Gasteiger partial charge in [-0.3, -0.25) is 0 Å². The number of hydrogen-bond donors (Lipinski definition) is 1. The summed E-state index contributed by atoms with van der Waals surface area (Å²) in [6.45, 7) is 0.723. The van der Waals surface area contributed by atoms with Gasteiger partial charge in [-0.05, 0) is 0 Å². The second-order valence-electron chi connectivity index (χ2n) is 6.30. The molecular formula is C20H22AsF2NO2. The van der Waals surface area contributed by atoms with Crippen LogP contribution in [0.1, 0.15) is 40.2 Å². The molecule has 138 valence electrons. The molecule has 3 nitrogen and oxygen atoms in total. The van der Waals surface area contributed by atoms with Crippen LogP contribution < -0.4 is 10.3 Å². The predicted molar refractivity (Wildman–Crippen MR) is 99.4 cm³/mol. The fraction of sp³-hybridized carbons (Fsp3) is 0.350. The van der Waals surface area contributed by atoms with Gasteiger partial charge in [0, 0.05) is 0 Å². The van der Waals surface area contributed by atoms with Crippen molar-refractivity contribution in [2.24, 2.45) is 0 Å². The fourth-order valence-electron chi connectivity index (χ4n) is 3.35. The summed E-state index contributed by atoms with van der Waals surface area (Å²) >= 11 is -0.923. The van der Waals surface area contributed by atoms with E-state index in [2.05, 4.69) is 23.7 Å². The van der Waals surface area contributed by atoms with Crippen molar-refractivity contribution in [3.8, 4) is 5.75 Å². The van der Waals surface area contributed by atoms with Crippen LogP contribution in [0.5, 0.6) is 5.75 Å². The Morgan fingerprint density at radius 3 is 2.88 bits per heavy atom. The molecule has 2 unspecified atom stereocenters. The number of hydroxylamine groups is 1. The Morgan fingerprint density at radius 1 is 1.23 bits per heavy atom. The molecule has 3 atom stereocenters. The standard InChI is InChI=1S/C20H22AsF2NO2/c22-20(23)13-21-18(9-11-25)15-5-3-4-14(12-15)16-8-10-24-26-19-7-2-1-6-17(16)19/h1-7,11-12,16,18,20-21,24H,8-10,13H2/t16?,18-/m0/s1. The Hall–Kier alpha value is -1.71. The Kier molecular flexibility index (Phi) is 6.81. The van der Waals surface area contributed by atoms with E-state index in [0.29, 0.717) is 6.42 Å². The molecular weight excluding hydrogens is 399 g/mol. The minimum atomic E-state index is -2.29. The number of nitrogens with one attached hydrogen (secondary N) is 1. The number of rotatable bonds is 7. The van der Waals surface area contributed by atoms with Crippen molar-refractivity contribution in [3.05, 3.63) is 65.2 Å². The van der Waals surface area contributed by atoms with Gasteiger partial charge in [0.2, 0.25) is 0 Å². The molecule has 1 aliphatic heterocycles. The van der Waals surface area contributed by atoms with Crippen molar-refractivity contribution in [2.45, 2.75) is 35.1 Å². The quantitative estimate of drug-likeness (QED) is 0.545. The van der Waals surface area contributed by atoms with Crippen molar-refractivity contribution in [1.82, 2.24) is 5.48 Å². The molecule has 0 spiro atoms. The minimum absolute atomic E-state index is 0.0446. The summed E-state index contributed by atoms with van der Waals surface area (Å²) in [5.74, 6) is 0.990. The molecule has 26 heavy (non-hydrogen) atoms. The van der Waals surface area contributed by atoms with Crippen molar-refractivity contribution in [3.63, 3.8) is 0 Å². The fourth-order valence-corrected chi connectivity index (χ4v) is 5.75. The summed E-state index contributed by atoms with van der Waals surface area (Å²) in [5, 5.41) is -0.0627. The summed E-state index contributed by atoms with van der Waals surface area (Å²) in [6.07, 6.45) is -0.233. The van der Waals surface area contributed by atoms with Crippen LogP contribution in [0.4, 0.5) is 8.78 Å². The van der Waals surface area contributed by atoms with E-state index in [-0.39, 0.29) is 15.8 Å². The molecule has 1 heterocycles. The number of aldehydes is 1. The van der Waals surface area contributed by atoms with Crippen LogP contribution >= 0.6 is 0 Å². The Labute approximate surface area is 158 Å². The Morgan fingerprint density at radius 2 is 2.08 bits per heavy atom. The maximum absolute atomic E-state index is 12.7. The summed E-state index contributed by atoms with van der Waals surface area (Å²) in [6, 6.07) is 16.0. The zero-order chi connectivity index (χ0) is 18.4. The van der Waals surface area contributed by atoms with Crippen molar-refractivity contribution >= 4 is 22.0 Å². The average molecular weight is 421 g/mol. The first-order valence-electron chi connectivity index (χ1n) is 8.72. The van der Waals surface area contributed by atoms with Crippen LogP contribution in [0.2, 0.25) is 5.21 Å². The van der Waals surface area contributed by atoms with Crippen LogP contribution in [0.25, 0.3) is 0 Å². The molecule has 0 aromatic heterocycles. The second-order valence-corrected chi connectivity index (χ2v) is 9.48. The molecule has 6 heteroatoms. The van der Waals surface area contributed by atoms with E-state index in [0.717, 1.165) is 41.7 Å². The molecule has 0 fully saturated rings. The Balaban J connectivity index is 1.89. The number of para-hydroxylation sites is 1. The third-order valence-corrected chi connectivity index (χ3v) is 7.95. The van der Waals surface area contributed by atoms with E-state index >= 15 is 0 Å². The number of carbonyl (C=O) groups excluding carboxylic acids is 1. The third kappa shape index (κ3) is 4.71.